The number of furan rings is 1. The number of aryl methyl sites for hydroxylation is 1. The molecule has 104 valence electrons. The van der Waals surface area contributed by atoms with Crippen molar-refractivity contribution in [2.24, 2.45) is 0 Å². The number of nitrogens with one attached hydrogen (secondary N) is 1. The van der Waals surface area contributed by atoms with E-state index in [2.05, 4.69) is 52.1 Å². The van der Waals surface area contributed by atoms with Crippen LogP contribution in [0.4, 0.5) is 0 Å². The minimum Gasteiger partial charge on any atom is -0.464 e. The van der Waals surface area contributed by atoms with Gasteiger partial charge >= 0.3 is 0 Å². The summed E-state index contributed by atoms with van der Waals surface area (Å²) in [6, 6.07) is 4.42. The fourth-order valence-corrected chi connectivity index (χ4v) is 2.57. The molecule has 0 aliphatic heterocycles. The van der Waals surface area contributed by atoms with Gasteiger partial charge in [-0.05, 0) is 43.0 Å². The molecule has 2 heteroatoms. The first-order valence-corrected chi connectivity index (χ1v) is 7.16. The lowest BCUT2D eigenvalue weighted by molar-refractivity contribution is 0.556. The minimum atomic E-state index is 0.114. The van der Waals surface area contributed by atoms with Gasteiger partial charge in [-0.2, -0.15) is 0 Å². The van der Waals surface area contributed by atoms with Crippen molar-refractivity contribution in [3.63, 3.8) is 0 Å². The first-order chi connectivity index (χ1) is 8.95. The van der Waals surface area contributed by atoms with Crippen molar-refractivity contribution < 1.29 is 4.42 Å². The first kappa shape index (κ1) is 14.1. The van der Waals surface area contributed by atoms with Crippen LogP contribution < -0.4 is 5.32 Å². The first-order valence-electron chi connectivity index (χ1n) is 7.16. The van der Waals surface area contributed by atoms with Crippen molar-refractivity contribution in [2.45, 2.75) is 46.5 Å². The molecular formula is C17H25NO. The Morgan fingerprint density at radius 3 is 2.58 bits per heavy atom. The minimum absolute atomic E-state index is 0.114. The van der Waals surface area contributed by atoms with Crippen LogP contribution in [0, 0.1) is 6.92 Å². The van der Waals surface area contributed by atoms with Crippen LogP contribution in [0.3, 0.4) is 0 Å². The third-order valence-corrected chi connectivity index (χ3v) is 3.64. The highest BCUT2D eigenvalue weighted by Crippen LogP contribution is 2.34. The smallest absolute Gasteiger partial charge is 0.138 e. The highest BCUT2D eigenvalue weighted by atomic mass is 16.3. The van der Waals surface area contributed by atoms with E-state index in [1.807, 2.05) is 6.26 Å². The molecule has 2 aromatic rings. The number of fused-ring (bicyclic) bond motifs is 1. The largest absolute Gasteiger partial charge is 0.464 e. The van der Waals surface area contributed by atoms with Gasteiger partial charge in [-0.25, -0.2) is 0 Å². The standard InChI is InChI=1S/C17H25NO/c1-6-18-10-9-13-11-19-16-14(17(3,4)5)8-7-12(2)15(13)16/h7-8,11,18H,6,9-10H2,1-5H3. The Hall–Kier alpha value is -1.28. The van der Waals surface area contributed by atoms with Gasteiger partial charge in [-0.1, -0.05) is 39.8 Å². The summed E-state index contributed by atoms with van der Waals surface area (Å²) in [6.45, 7) is 13.0. The molecule has 0 saturated heterocycles. The summed E-state index contributed by atoms with van der Waals surface area (Å²) >= 11 is 0. The van der Waals surface area contributed by atoms with Gasteiger partial charge in [0, 0.05) is 10.9 Å². The molecule has 0 aliphatic rings. The van der Waals surface area contributed by atoms with E-state index >= 15 is 0 Å². The van der Waals surface area contributed by atoms with Crippen molar-refractivity contribution in [2.75, 3.05) is 13.1 Å². The third-order valence-electron chi connectivity index (χ3n) is 3.64. The van der Waals surface area contributed by atoms with Crippen LogP contribution in [-0.2, 0) is 11.8 Å². The van der Waals surface area contributed by atoms with Gasteiger partial charge in [0.1, 0.15) is 5.58 Å². The number of hydrogen-bond acceptors (Lipinski definition) is 2. The summed E-state index contributed by atoms with van der Waals surface area (Å²) in [5.41, 5.74) is 5.10. The fourth-order valence-electron chi connectivity index (χ4n) is 2.57. The van der Waals surface area contributed by atoms with Crippen LogP contribution in [-0.4, -0.2) is 13.1 Å². The predicted molar refractivity (Wildman–Crippen MR) is 81.9 cm³/mol. The average molecular weight is 259 g/mol. The average Bonchev–Trinajstić information content (AvgIpc) is 2.73. The van der Waals surface area contributed by atoms with Crippen molar-refractivity contribution in [3.8, 4) is 0 Å². The van der Waals surface area contributed by atoms with E-state index in [0.29, 0.717) is 0 Å². The summed E-state index contributed by atoms with van der Waals surface area (Å²) in [5.74, 6) is 0. The molecule has 1 aromatic carbocycles. The van der Waals surface area contributed by atoms with Crippen LogP contribution in [0.1, 0.15) is 44.4 Å². The molecule has 2 nitrogen and oxygen atoms in total. The van der Waals surface area contributed by atoms with E-state index in [1.165, 1.54) is 22.1 Å². The summed E-state index contributed by atoms with van der Waals surface area (Å²) in [7, 11) is 0. The normalized spacial score (nSPS) is 12.3. The molecule has 0 spiro atoms. The van der Waals surface area contributed by atoms with E-state index in [0.717, 1.165) is 25.1 Å². The monoisotopic (exact) mass is 259 g/mol. The maximum absolute atomic E-state index is 5.89. The van der Waals surface area contributed by atoms with Crippen molar-refractivity contribution in [1.82, 2.24) is 5.32 Å². The Bertz CT molecular complexity index is 560. The molecule has 0 aliphatic carbocycles. The summed E-state index contributed by atoms with van der Waals surface area (Å²) in [5, 5.41) is 4.68. The van der Waals surface area contributed by atoms with E-state index < -0.39 is 0 Å². The quantitative estimate of drug-likeness (QED) is 0.833. The summed E-state index contributed by atoms with van der Waals surface area (Å²) < 4.78 is 5.89. The molecule has 19 heavy (non-hydrogen) atoms. The molecule has 0 unspecified atom stereocenters. The lowest BCUT2D eigenvalue weighted by Crippen LogP contribution is -2.16. The summed E-state index contributed by atoms with van der Waals surface area (Å²) in [4.78, 5) is 0. The lowest BCUT2D eigenvalue weighted by Gasteiger charge is -2.19. The van der Waals surface area contributed by atoms with E-state index in [-0.39, 0.29) is 5.41 Å². The van der Waals surface area contributed by atoms with Crippen LogP contribution in [0.5, 0.6) is 0 Å². The lowest BCUT2D eigenvalue weighted by atomic mass is 9.85. The molecule has 0 radical (unpaired) electrons. The number of hydrogen-bond donors (Lipinski definition) is 1. The molecule has 1 aromatic heterocycles. The molecule has 1 heterocycles. The van der Waals surface area contributed by atoms with Crippen molar-refractivity contribution >= 4 is 11.0 Å². The zero-order valence-corrected chi connectivity index (χ0v) is 12.8. The molecule has 0 amide bonds. The van der Waals surface area contributed by atoms with Crippen molar-refractivity contribution in [3.05, 3.63) is 35.1 Å². The second-order valence-electron chi connectivity index (χ2n) is 6.25. The van der Waals surface area contributed by atoms with Crippen LogP contribution in [0.25, 0.3) is 11.0 Å². The summed E-state index contributed by atoms with van der Waals surface area (Å²) in [6.07, 6.45) is 2.96. The van der Waals surface area contributed by atoms with Gasteiger partial charge in [0.05, 0.1) is 6.26 Å². The third kappa shape index (κ3) is 2.84. The molecule has 2 rings (SSSR count). The highest BCUT2D eigenvalue weighted by Gasteiger charge is 2.21. The number of benzene rings is 1. The van der Waals surface area contributed by atoms with Crippen LogP contribution in [0.2, 0.25) is 0 Å². The molecule has 0 bridgehead atoms. The Morgan fingerprint density at radius 2 is 1.95 bits per heavy atom. The SMILES string of the molecule is CCNCCc1coc2c(C(C)(C)C)ccc(C)c12. The Balaban J connectivity index is 2.47. The second-order valence-corrected chi connectivity index (χ2v) is 6.25. The zero-order valence-electron chi connectivity index (χ0n) is 12.8. The fraction of sp³-hybridized carbons (Fsp3) is 0.529. The van der Waals surface area contributed by atoms with Crippen LogP contribution in [0.15, 0.2) is 22.8 Å². The Labute approximate surface area is 116 Å². The predicted octanol–water partition coefficient (Wildman–Crippen LogP) is 4.19. The van der Waals surface area contributed by atoms with Gasteiger partial charge in [0.2, 0.25) is 0 Å². The maximum atomic E-state index is 5.89. The molecule has 1 N–H and O–H groups in total. The Kier molecular flexibility index (Phi) is 4.00. The topological polar surface area (TPSA) is 25.2 Å². The second kappa shape index (κ2) is 5.38. The van der Waals surface area contributed by atoms with Crippen LogP contribution >= 0.6 is 0 Å². The van der Waals surface area contributed by atoms with E-state index in [4.69, 9.17) is 4.42 Å². The van der Waals surface area contributed by atoms with E-state index in [9.17, 15) is 0 Å². The molecule has 0 fully saturated rings. The molecule has 0 saturated carbocycles. The van der Waals surface area contributed by atoms with Gasteiger partial charge in [-0.3, -0.25) is 0 Å². The van der Waals surface area contributed by atoms with Gasteiger partial charge in [-0.15, -0.1) is 0 Å². The molecule has 0 atom stereocenters. The molecular weight excluding hydrogens is 234 g/mol. The number of likely N-dealkylation sites (N-methyl/N-ethyl adjacent to an activating group) is 1. The highest BCUT2D eigenvalue weighted by molar-refractivity contribution is 5.87. The van der Waals surface area contributed by atoms with E-state index in [1.54, 1.807) is 0 Å². The van der Waals surface area contributed by atoms with Gasteiger partial charge in [0.15, 0.2) is 0 Å². The van der Waals surface area contributed by atoms with Gasteiger partial charge in [0.25, 0.3) is 0 Å². The van der Waals surface area contributed by atoms with Crippen molar-refractivity contribution in [1.29, 1.82) is 0 Å². The number of rotatable bonds is 4. The van der Waals surface area contributed by atoms with Gasteiger partial charge < -0.3 is 9.73 Å². The zero-order chi connectivity index (χ0) is 14.0. The Morgan fingerprint density at radius 1 is 1.21 bits per heavy atom. The maximum Gasteiger partial charge on any atom is 0.138 e.